The van der Waals surface area contributed by atoms with Crippen LogP contribution in [0.4, 0.5) is 4.39 Å². The lowest BCUT2D eigenvalue weighted by Crippen LogP contribution is -2.51. The van der Waals surface area contributed by atoms with Crippen LogP contribution in [0.15, 0.2) is 53.1 Å². The van der Waals surface area contributed by atoms with E-state index in [1.54, 1.807) is 30.0 Å². The molecule has 3 aromatic rings. The molecule has 2 aliphatic heterocycles. The van der Waals surface area contributed by atoms with Crippen LogP contribution in [0.5, 0.6) is 5.75 Å². The van der Waals surface area contributed by atoms with Crippen LogP contribution in [0, 0.1) is 18.2 Å². The first kappa shape index (κ1) is 27.2. The molecule has 2 fully saturated rings. The molecule has 0 N–H and O–H groups in total. The fraction of sp³-hybridized carbons (Fsp3) is 0.433. The summed E-state index contributed by atoms with van der Waals surface area (Å²) in [4.78, 5) is 31.1. The normalized spacial score (nSPS) is 19.7. The van der Waals surface area contributed by atoms with Crippen LogP contribution in [-0.2, 0) is 4.79 Å². The number of aromatic nitrogens is 1. The molecule has 0 saturated carbocycles. The number of hydrogen-bond acceptors (Lipinski definition) is 5. The molecule has 0 radical (unpaired) electrons. The second-order valence-electron chi connectivity index (χ2n) is 10.6. The molecule has 7 nitrogen and oxygen atoms in total. The van der Waals surface area contributed by atoms with Crippen molar-refractivity contribution in [1.29, 1.82) is 0 Å². The zero-order valence-electron chi connectivity index (χ0n) is 22.1. The van der Waals surface area contributed by atoms with E-state index in [4.69, 9.17) is 20.9 Å². The number of aryl methyl sites for hydroxylation is 1. The van der Waals surface area contributed by atoms with Gasteiger partial charge in [0.2, 0.25) is 5.91 Å². The number of likely N-dealkylation sites (tertiary alicyclic amines) is 2. The number of nitrogens with zero attached hydrogens (tertiary/aromatic N) is 3. The van der Waals surface area contributed by atoms with Crippen molar-refractivity contribution in [3.8, 4) is 17.0 Å². The molecule has 9 heteroatoms. The summed E-state index contributed by atoms with van der Waals surface area (Å²) in [5.74, 6) is 0.480. The maximum absolute atomic E-state index is 14.0. The van der Waals surface area contributed by atoms with E-state index in [0.29, 0.717) is 46.4 Å². The Labute approximate surface area is 232 Å². The minimum absolute atomic E-state index is 0.0876. The van der Waals surface area contributed by atoms with Crippen molar-refractivity contribution in [3.05, 3.63) is 70.7 Å². The Kier molecular flexibility index (Phi) is 8.21. The molecular formula is C30H33ClFN3O4. The Bertz CT molecular complexity index is 1320. The van der Waals surface area contributed by atoms with Gasteiger partial charge < -0.3 is 19.1 Å². The van der Waals surface area contributed by atoms with E-state index in [0.717, 1.165) is 45.2 Å². The monoisotopic (exact) mass is 553 g/mol. The molecule has 206 valence electrons. The molecule has 0 bridgehead atoms. The Morgan fingerprint density at radius 2 is 1.74 bits per heavy atom. The molecule has 2 saturated heterocycles. The lowest BCUT2D eigenvalue weighted by Gasteiger charge is -2.43. The lowest BCUT2D eigenvalue weighted by molar-refractivity contribution is -0.136. The molecule has 5 rings (SSSR count). The molecule has 39 heavy (non-hydrogen) atoms. The molecule has 3 heterocycles. The van der Waals surface area contributed by atoms with Gasteiger partial charge in [0.15, 0.2) is 0 Å². The summed E-state index contributed by atoms with van der Waals surface area (Å²) in [6.07, 6.45) is 4.88. The van der Waals surface area contributed by atoms with E-state index < -0.39 is 5.41 Å². The SMILES string of the molecule is Cc1onc(-c2ccccc2Cl)c1C(=O)N1CCC[C@@](COc2ccc(F)cc2)(CC(=O)N2CCCCC2)C1. The Balaban J connectivity index is 1.41. The number of carbonyl (C=O) groups excluding carboxylic acids is 2. The van der Waals surface area contributed by atoms with Gasteiger partial charge >= 0.3 is 0 Å². The number of piperidine rings is 2. The van der Waals surface area contributed by atoms with Crippen molar-refractivity contribution in [2.24, 2.45) is 5.41 Å². The highest BCUT2D eigenvalue weighted by Gasteiger charge is 2.42. The fourth-order valence-electron chi connectivity index (χ4n) is 5.66. The van der Waals surface area contributed by atoms with Gasteiger partial charge in [-0.1, -0.05) is 35.0 Å². The summed E-state index contributed by atoms with van der Waals surface area (Å²) >= 11 is 6.43. The predicted octanol–water partition coefficient (Wildman–Crippen LogP) is 6.15. The largest absolute Gasteiger partial charge is 0.493 e. The minimum atomic E-state index is -0.591. The quantitative estimate of drug-likeness (QED) is 0.351. The number of hydrogen-bond donors (Lipinski definition) is 0. The first-order valence-corrected chi connectivity index (χ1v) is 13.9. The first-order valence-electron chi connectivity index (χ1n) is 13.5. The third-order valence-electron chi connectivity index (χ3n) is 7.75. The maximum Gasteiger partial charge on any atom is 0.259 e. The van der Waals surface area contributed by atoms with E-state index in [9.17, 15) is 14.0 Å². The van der Waals surface area contributed by atoms with Gasteiger partial charge in [0.1, 0.15) is 28.6 Å². The summed E-state index contributed by atoms with van der Waals surface area (Å²) in [6, 6.07) is 13.1. The van der Waals surface area contributed by atoms with Crippen LogP contribution in [0.3, 0.4) is 0 Å². The number of rotatable bonds is 7. The Morgan fingerprint density at radius 3 is 2.49 bits per heavy atom. The molecule has 2 amide bonds. The Morgan fingerprint density at radius 1 is 1.03 bits per heavy atom. The van der Waals surface area contributed by atoms with Crippen molar-refractivity contribution < 1.29 is 23.2 Å². The highest BCUT2D eigenvalue weighted by molar-refractivity contribution is 6.33. The van der Waals surface area contributed by atoms with Crippen molar-refractivity contribution in [3.63, 3.8) is 0 Å². The van der Waals surface area contributed by atoms with Gasteiger partial charge in [-0.3, -0.25) is 9.59 Å². The standard InChI is InChI=1S/C30H33ClFN3O4/c1-21-27(28(33-39-21)24-8-3-4-9-25(24)31)29(37)35-17-7-14-30(19-35,18-26(36)34-15-5-2-6-16-34)20-38-23-12-10-22(32)11-13-23/h3-4,8-13H,2,5-7,14-20H2,1H3/t30-/m1/s1. The topological polar surface area (TPSA) is 75.9 Å². The fourth-order valence-corrected chi connectivity index (χ4v) is 5.88. The lowest BCUT2D eigenvalue weighted by atomic mass is 9.77. The van der Waals surface area contributed by atoms with Gasteiger partial charge in [-0.2, -0.15) is 0 Å². The number of ether oxygens (including phenoxy) is 1. The van der Waals surface area contributed by atoms with E-state index in [1.165, 1.54) is 12.1 Å². The van der Waals surface area contributed by atoms with Gasteiger partial charge in [-0.25, -0.2) is 4.39 Å². The van der Waals surface area contributed by atoms with Crippen molar-refractivity contribution in [2.75, 3.05) is 32.8 Å². The number of carbonyl (C=O) groups is 2. The zero-order valence-corrected chi connectivity index (χ0v) is 22.9. The van der Waals surface area contributed by atoms with Crippen molar-refractivity contribution >= 4 is 23.4 Å². The third-order valence-corrected chi connectivity index (χ3v) is 8.08. The van der Waals surface area contributed by atoms with Crippen LogP contribution in [0.2, 0.25) is 5.02 Å². The summed E-state index contributed by atoms with van der Waals surface area (Å²) in [7, 11) is 0. The number of amides is 2. The molecule has 0 unspecified atom stereocenters. The average molecular weight is 554 g/mol. The summed E-state index contributed by atoms with van der Waals surface area (Å²) in [6.45, 7) is 4.37. The third kappa shape index (κ3) is 6.11. The van der Waals surface area contributed by atoms with E-state index in [-0.39, 0.29) is 30.7 Å². The van der Waals surface area contributed by atoms with Gasteiger partial charge in [-0.05, 0) is 69.4 Å². The highest BCUT2D eigenvalue weighted by atomic mass is 35.5. The molecular weight excluding hydrogens is 521 g/mol. The summed E-state index contributed by atoms with van der Waals surface area (Å²) in [5, 5.41) is 4.65. The van der Waals surface area contributed by atoms with Crippen LogP contribution in [0.1, 0.15) is 54.6 Å². The van der Waals surface area contributed by atoms with Crippen LogP contribution in [0.25, 0.3) is 11.3 Å². The second-order valence-corrected chi connectivity index (χ2v) is 11.0. The summed E-state index contributed by atoms with van der Waals surface area (Å²) < 4.78 is 25.0. The maximum atomic E-state index is 14.0. The molecule has 0 aliphatic carbocycles. The Hall–Kier alpha value is -3.39. The zero-order chi connectivity index (χ0) is 27.4. The molecule has 2 aliphatic rings. The average Bonchev–Trinajstić information content (AvgIpc) is 3.34. The predicted molar refractivity (Wildman–Crippen MR) is 146 cm³/mol. The van der Waals surface area contributed by atoms with Gasteiger partial charge in [0, 0.05) is 43.6 Å². The van der Waals surface area contributed by atoms with Gasteiger partial charge in [0.05, 0.1) is 11.6 Å². The van der Waals surface area contributed by atoms with E-state index in [1.807, 2.05) is 23.1 Å². The first-order chi connectivity index (χ1) is 18.8. The van der Waals surface area contributed by atoms with E-state index >= 15 is 0 Å². The van der Waals surface area contributed by atoms with Crippen LogP contribution in [-0.4, -0.2) is 59.6 Å². The molecule has 0 spiro atoms. The van der Waals surface area contributed by atoms with Crippen molar-refractivity contribution in [1.82, 2.24) is 15.0 Å². The van der Waals surface area contributed by atoms with E-state index in [2.05, 4.69) is 5.16 Å². The smallest absolute Gasteiger partial charge is 0.259 e. The molecule has 2 aromatic carbocycles. The molecule has 1 atom stereocenters. The minimum Gasteiger partial charge on any atom is -0.493 e. The van der Waals surface area contributed by atoms with Gasteiger partial charge in [-0.15, -0.1) is 0 Å². The number of halogens is 2. The van der Waals surface area contributed by atoms with Crippen LogP contribution < -0.4 is 4.74 Å². The van der Waals surface area contributed by atoms with Gasteiger partial charge in [0.25, 0.3) is 5.91 Å². The van der Waals surface area contributed by atoms with Crippen LogP contribution >= 0.6 is 11.6 Å². The van der Waals surface area contributed by atoms with Crippen molar-refractivity contribution in [2.45, 2.75) is 45.4 Å². The summed E-state index contributed by atoms with van der Waals surface area (Å²) in [5.41, 5.74) is 0.821. The number of benzene rings is 2. The second kappa shape index (κ2) is 11.8. The molecule has 1 aromatic heterocycles. The highest BCUT2D eigenvalue weighted by Crippen LogP contribution is 2.38.